The molecule has 0 aliphatic rings. The summed E-state index contributed by atoms with van der Waals surface area (Å²) in [6.45, 7) is 4.14. The number of hydrogen-bond acceptors (Lipinski definition) is 4. The molecule has 0 spiro atoms. The van der Waals surface area contributed by atoms with E-state index in [1.54, 1.807) is 12.4 Å². The van der Waals surface area contributed by atoms with Crippen molar-refractivity contribution >= 4 is 25.3 Å². The van der Waals surface area contributed by atoms with E-state index in [-0.39, 0.29) is 19.5 Å². The molecule has 2 aromatic carbocycles. The van der Waals surface area contributed by atoms with Gasteiger partial charge in [0.25, 0.3) is 0 Å². The fraction of sp³-hybridized carbons (Fsp3) is 0.100. The smallest absolute Gasteiger partial charge is 0.742 e. The maximum Gasteiger partial charge on any atom is 2.00 e. The zero-order valence-electron chi connectivity index (χ0n) is 15.2. The second-order valence-corrected chi connectivity index (χ2v) is 6.61. The van der Waals surface area contributed by atoms with Gasteiger partial charge in [0, 0.05) is 11.1 Å². The molecule has 2 aromatic heterocycles. The predicted molar refractivity (Wildman–Crippen MR) is 109 cm³/mol. The van der Waals surface area contributed by atoms with Crippen molar-refractivity contribution in [2.45, 2.75) is 24.2 Å². The van der Waals surface area contributed by atoms with Gasteiger partial charge in [0.2, 0.25) is 0 Å². The zero-order chi connectivity index (χ0) is 18.5. The van der Waals surface area contributed by atoms with Crippen molar-refractivity contribution < 1.29 is 19.5 Å². The molecule has 4 rings (SSSR count). The molecule has 7 heteroatoms. The van der Waals surface area contributed by atoms with Crippen molar-refractivity contribution in [3.8, 4) is 22.5 Å². The summed E-state index contributed by atoms with van der Waals surface area (Å²) in [7, 11) is 0. The third-order valence-electron chi connectivity index (χ3n) is 3.98. The number of H-pyrrole nitrogens is 2. The van der Waals surface area contributed by atoms with Crippen molar-refractivity contribution in [2.24, 2.45) is 0 Å². The van der Waals surface area contributed by atoms with Crippen molar-refractivity contribution in [1.82, 2.24) is 19.9 Å². The van der Waals surface area contributed by atoms with Gasteiger partial charge in [-0.3, -0.25) is 9.97 Å². The second kappa shape index (κ2) is 9.74. The van der Waals surface area contributed by atoms with Crippen LogP contribution in [0.25, 0.3) is 22.5 Å². The van der Waals surface area contributed by atoms with Crippen LogP contribution >= 0.6 is 0 Å². The van der Waals surface area contributed by atoms with E-state index in [1.165, 1.54) is 11.1 Å². The third-order valence-corrected chi connectivity index (χ3v) is 4.39. The van der Waals surface area contributed by atoms with Crippen LogP contribution in [0.15, 0.2) is 71.2 Å². The molecule has 0 amide bonds. The van der Waals surface area contributed by atoms with Gasteiger partial charge in [-0.1, -0.05) is 48.5 Å². The second-order valence-electron chi connectivity index (χ2n) is 5.83. The van der Waals surface area contributed by atoms with Gasteiger partial charge in [0.05, 0.1) is 23.8 Å². The molecule has 132 valence electrons. The molecular formula is C20H18N4S2Zn. The summed E-state index contributed by atoms with van der Waals surface area (Å²) in [4.78, 5) is 14.1. The van der Waals surface area contributed by atoms with Crippen LogP contribution in [0.2, 0.25) is 0 Å². The molecule has 2 heterocycles. The number of benzene rings is 2. The van der Waals surface area contributed by atoms with Crippen LogP contribution in [0.5, 0.6) is 0 Å². The molecule has 0 radical (unpaired) electrons. The van der Waals surface area contributed by atoms with Crippen molar-refractivity contribution in [3.63, 3.8) is 0 Å². The SMILES string of the molecule is Cc1ccccc1-c1cnc([S-])[nH]1.Cc1ccccc1-c1cnc([S-])[nH]1.[Zn+2]. The van der Waals surface area contributed by atoms with Gasteiger partial charge >= 0.3 is 19.5 Å². The molecular weight excluding hydrogens is 426 g/mol. The Morgan fingerprint density at radius 2 is 1.04 bits per heavy atom. The summed E-state index contributed by atoms with van der Waals surface area (Å²) in [6.07, 6.45) is 3.54. The monoisotopic (exact) mass is 442 g/mol. The van der Waals surface area contributed by atoms with Crippen LogP contribution in [-0.2, 0) is 44.7 Å². The van der Waals surface area contributed by atoms with Crippen molar-refractivity contribution in [3.05, 3.63) is 72.1 Å². The molecule has 4 nitrogen and oxygen atoms in total. The van der Waals surface area contributed by atoms with Crippen molar-refractivity contribution in [2.75, 3.05) is 0 Å². The van der Waals surface area contributed by atoms with E-state index in [4.69, 9.17) is 25.3 Å². The summed E-state index contributed by atoms with van der Waals surface area (Å²) in [5.74, 6) is 0. The van der Waals surface area contributed by atoms with E-state index in [2.05, 4.69) is 58.0 Å². The first-order valence-corrected chi connectivity index (χ1v) is 8.92. The first kappa shape index (κ1) is 21.2. The molecule has 0 unspecified atom stereocenters. The standard InChI is InChI=1S/2C10H10N2S.Zn/c2*1-7-4-2-3-5-8(7)9-6-11-10(13)12-9;/h2*2-6H,1H3,(H2,11,12,13);/q;;+2/p-2. The van der Waals surface area contributed by atoms with Gasteiger partial charge in [-0.2, -0.15) is 0 Å². The maximum absolute atomic E-state index is 4.91. The number of aryl methyl sites for hydroxylation is 2. The number of rotatable bonds is 2. The normalized spacial score (nSPS) is 9.85. The van der Waals surface area contributed by atoms with Gasteiger partial charge in [0.15, 0.2) is 0 Å². The van der Waals surface area contributed by atoms with Gasteiger partial charge in [0.1, 0.15) is 0 Å². The number of imidazole rings is 2. The van der Waals surface area contributed by atoms with Gasteiger partial charge in [-0.05, 0) is 35.3 Å². The number of nitrogens with zero attached hydrogens (tertiary/aromatic N) is 2. The van der Waals surface area contributed by atoms with E-state index in [0.717, 1.165) is 22.5 Å². The summed E-state index contributed by atoms with van der Waals surface area (Å²) >= 11 is 9.82. The van der Waals surface area contributed by atoms with Gasteiger partial charge in [-0.15, -0.1) is 0 Å². The van der Waals surface area contributed by atoms with Crippen LogP contribution in [0.3, 0.4) is 0 Å². The molecule has 0 aliphatic heterocycles. The Kier molecular flexibility index (Phi) is 7.66. The Hall–Kier alpha value is -2.08. The van der Waals surface area contributed by atoms with Crippen LogP contribution in [0.4, 0.5) is 0 Å². The first-order chi connectivity index (χ1) is 12.5. The van der Waals surface area contributed by atoms with E-state index in [1.807, 2.05) is 24.3 Å². The van der Waals surface area contributed by atoms with E-state index < -0.39 is 0 Å². The minimum absolute atomic E-state index is 0. The molecule has 0 fully saturated rings. The molecule has 27 heavy (non-hydrogen) atoms. The number of hydrogen-bond donors (Lipinski definition) is 2. The molecule has 0 aliphatic carbocycles. The van der Waals surface area contributed by atoms with Gasteiger partial charge < -0.3 is 35.2 Å². The quantitative estimate of drug-likeness (QED) is 0.352. The first-order valence-electron chi connectivity index (χ1n) is 8.10. The molecule has 0 bridgehead atoms. The molecule has 0 atom stereocenters. The Bertz CT molecular complexity index is 929. The predicted octanol–water partition coefficient (Wildman–Crippen LogP) is 4.58. The Labute approximate surface area is 182 Å². The number of aromatic nitrogens is 4. The zero-order valence-corrected chi connectivity index (χ0v) is 19.8. The molecule has 2 N–H and O–H groups in total. The summed E-state index contributed by atoms with van der Waals surface area (Å²) in [5.41, 5.74) is 6.74. The average Bonchev–Trinajstić information content (AvgIpc) is 3.25. The summed E-state index contributed by atoms with van der Waals surface area (Å²) < 4.78 is 0. The van der Waals surface area contributed by atoms with E-state index >= 15 is 0 Å². The van der Waals surface area contributed by atoms with Crippen LogP contribution in [-0.4, -0.2) is 19.9 Å². The maximum atomic E-state index is 4.91. The van der Waals surface area contributed by atoms with Crippen LogP contribution in [0.1, 0.15) is 11.1 Å². The Morgan fingerprint density at radius 1 is 0.667 bits per heavy atom. The van der Waals surface area contributed by atoms with Crippen LogP contribution in [0, 0.1) is 13.8 Å². The van der Waals surface area contributed by atoms with E-state index in [9.17, 15) is 0 Å². The molecule has 0 saturated heterocycles. The average molecular weight is 444 g/mol. The number of nitrogens with one attached hydrogen (secondary N) is 2. The minimum Gasteiger partial charge on any atom is -0.742 e. The summed E-state index contributed by atoms with van der Waals surface area (Å²) in [5, 5.41) is 1.08. The Balaban J connectivity index is 0.000000187. The molecule has 4 aromatic rings. The summed E-state index contributed by atoms with van der Waals surface area (Å²) in [6, 6.07) is 16.3. The fourth-order valence-electron chi connectivity index (χ4n) is 2.63. The third kappa shape index (κ3) is 5.45. The van der Waals surface area contributed by atoms with Crippen LogP contribution < -0.4 is 0 Å². The van der Waals surface area contributed by atoms with Crippen molar-refractivity contribution in [1.29, 1.82) is 0 Å². The largest absolute Gasteiger partial charge is 2.00 e. The number of aromatic amines is 2. The topological polar surface area (TPSA) is 57.4 Å². The minimum atomic E-state index is 0. The fourth-order valence-corrected chi connectivity index (χ4v) is 2.96. The van der Waals surface area contributed by atoms with Gasteiger partial charge in [-0.25, -0.2) is 0 Å². The van der Waals surface area contributed by atoms with E-state index in [0.29, 0.717) is 10.3 Å². The Morgan fingerprint density at radius 3 is 1.33 bits per heavy atom. The molecule has 0 saturated carbocycles.